The molecule has 0 spiro atoms. The predicted molar refractivity (Wildman–Crippen MR) is 135 cm³/mol. The Hall–Kier alpha value is -2.85. The van der Waals surface area contributed by atoms with Gasteiger partial charge in [0.25, 0.3) is 0 Å². The van der Waals surface area contributed by atoms with Crippen LogP contribution in [0.3, 0.4) is 0 Å². The van der Waals surface area contributed by atoms with Gasteiger partial charge < -0.3 is 16.0 Å². The molecule has 3 aromatic rings. The number of nitrogens with one attached hydrogen (secondary N) is 3. The van der Waals surface area contributed by atoms with Gasteiger partial charge in [0.05, 0.1) is 0 Å². The maximum atomic E-state index is 4.82. The van der Waals surface area contributed by atoms with Gasteiger partial charge in [0.15, 0.2) is 0 Å². The van der Waals surface area contributed by atoms with E-state index in [9.17, 15) is 0 Å². The Kier molecular flexibility index (Phi) is 7.78. The second-order valence-corrected chi connectivity index (χ2v) is 8.91. The van der Waals surface area contributed by atoms with Crippen LogP contribution in [0.15, 0.2) is 66.9 Å². The van der Waals surface area contributed by atoms with Crippen LogP contribution in [-0.2, 0) is 13.0 Å². The maximum absolute atomic E-state index is 4.82. The molecule has 1 aliphatic carbocycles. The molecule has 1 fully saturated rings. The van der Waals surface area contributed by atoms with Gasteiger partial charge in [-0.15, -0.1) is 0 Å². The molecule has 0 saturated heterocycles. The SMILES string of the molecule is CNc1c(C)cnc(NCCc2ccccc2)c1[C@H]1CC[C@@H](NCc2ccccc2)CC1. The van der Waals surface area contributed by atoms with Crippen molar-refractivity contribution in [1.29, 1.82) is 0 Å². The molecule has 0 unspecified atom stereocenters. The monoisotopic (exact) mass is 428 g/mol. The summed E-state index contributed by atoms with van der Waals surface area (Å²) in [6, 6.07) is 22.0. The Morgan fingerprint density at radius 2 is 1.53 bits per heavy atom. The zero-order chi connectivity index (χ0) is 22.2. The van der Waals surface area contributed by atoms with Crippen LogP contribution >= 0.6 is 0 Å². The summed E-state index contributed by atoms with van der Waals surface area (Å²) in [5, 5.41) is 10.9. The number of hydrogen-bond acceptors (Lipinski definition) is 4. The van der Waals surface area contributed by atoms with E-state index < -0.39 is 0 Å². The first-order chi connectivity index (χ1) is 15.7. The van der Waals surface area contributed by atoms with Crippen molar-refractivity contribution in [3.05, 3.63) is 89.1 Å². The second kappa shape index (κ2) is 11.1. The fourth-order valence-electron chi connectivity index (χ4n) is 4.91. The van der Waals surface area contributed by atoms with Gasteiger partial charge in [0, 0.05) is 43.6 Å². The highest BCUT2D eigenvalue weighted by atomic mass is 15.0. The number of nitrogens with zero attached hydrogens (tertiary/aromatic N) is 1. The molecule has 2 aromatic carbocycles. The van der Waals surface area contributed by atoms with E-state index in [0.717, 1.165) is 25.3 Å². The molecule has 32 heavy (non-hydrogen) atoms. The zero-order valence-electron chi connectivity index (χ0n) is 19.4. The van der Waals surface area contributed by atoms with Crippen molar-refractivity contribution in [2.45, 2.75) is 57.5 Å². The first-order valence-electron chi connectivity index (χ1n) is 12.0. The van der Waals surface area contributed by atoms with Gasteiger partial charge in [-0.1, -0.05) is 60.7 Å². The van der Waals surface area contributed by atoms with Gasteiger partial charge in [0.2, 0.25) is 0 Å². The fourth-order valence-corrected chi connectivity index (χ4v) is 4.91. The van der Waals surface area contributed by atoms with E-state index >= 15 is 0 Å². The minimum atomic E-state index is 0.541. The molecule has 4 nitrogen and oxygen atoms in total. The number of anilines is 2. The van der Waals surface area contributed by atoms with Crippen LogP contribution in [0.25, 0.3) is 0 Å². The molecule has 0 radical (unpaired) electrons. The van der Waals surface area contributed by atoms with Crippen LogP contribution in [0.5, 0.6) is 0 Å². The van der Waals surface area contributed by atoms with Gasteiger partial charge in [-0.05, 0) is 61.6 Å². The minimum Gasteiger partial charge on any atom is -0.388 e. The summed E-state index contributed by atoms with van der Waals surface area (Å²) >= 11 is 0. The van der Waals surface area contributed by atoms with Crippen LogP contribution in [0, 0.1) is 6.92 Å². The summed E-state index contributed by atoms with van der Waals surface area (Å²) in [6.07, 6.45) is 7.80. The Morgan fingerprint density at radius 3 is 2.19 bits per heavy atom. The molecule has 4 heteroatoms. The first kappa shape index (κ1) is 22.3. The molecule has 1 heterocycles. The highest BCUT2D eigenvalue weighted by Gasteiger charge is 2.27. The summed E-state index contributed by atoms with van der Waals surface area (Å²) in [6.45, 7) is 4.00. The van der Waals surface area contributed by atoms with Gasteiger partial charge >= 0.3 is 0 Å². The van der Waals surface area contributed by atoms with E-state index in [1.165, 1.54) is 53.6 Å². The largest absolute Gasteiger partial charge is 0.388 e. The van der Waals surface area contributed by atoms with E-state index in [0.29, 0.717) is 12.0 Å². The number of rotatable bonds is 9. The van der Waals surface area contributed by atoms with Gasteiger partial charge in [-0.2, -0.15) is 0 Å². The quantitative estimate of drug-likeness (QED) is 0.397. The highest BCUT2D eigenvalue weighted by Crippen LogP contribution is 2.41. The smallest absolute Gasteiger partial charge is 0.131 e. The molecule has 4 rings (SSSR count). The zero-order valence-corrected chi connectivity index (χ0v) is 19.4. The number of aryl methyl sites for hydroxylation is 1. The lowest BCUT2D eigenvalue weighted by molar-refractivity contribution is 0.342. The molecule has 3 N–H and O–H groups in total. The normalized spacial score (nSPS) is 18.3. The average molecular weight is 429 g/mol. The van der Waals surface area contributed by atoms with Gasteiger partial charge in [-0.3, -0.25) is 0 Å². The lowest BCUT2D eigenvalue weighted by Gasteiger charge is -2.32. The Bertz CT molecular complexity index is 963. The maximum Gasteiger partial charge on any atom is 0.131 e. The van der Waals surface area contributed by atoms with Crippen LogP contribution in [0.4, 0.5) is 11.5 Å². The van der Waals surface area contributed by atoms with Crippen LogP contribution in [0.1, 0.15) is 53.9 Å². The van der Waals surface area contributed by atoms with E-state index in [1.54, 1.807) is 0 Å². The molecule has 0 amide bonds. The highest BCUT2D eigenvalue weighted by molar-refractivity contribution is 5.67. The van der Waals surface area contributed by atoms with E-state index in [2.05, 4.69) is 83.5 Å². The number of benzene rings is 2. The summed E-state index contributed by atoms with van der Waals surface area (Å²) in [7, 11) is 2.03. The van der Waals surface area contributed by atoms with E-state index in [4.69, 9.17) is 4.98 Å². The third-order valence-corrected chi connectivity index (χ3v) is 6.68. The van der Waals surface area contributed by atoms with E-state index in [1.807, 2.05) is 13.2 Å². The number of pyridine rings is 1. The minimum absolute atomic E-state index is 0.541. The van der Waals surface area contributed by atoms with Crippen molar-refractivity contribution in [1.82, 2.24) is 10.3 Å². The molecule has 0 atom stereocenters. The topological polar surface area (TPSA) is 49.0 Å². The third kappa shape index (κ3) is 5.68. The van der Waals surface area contributed by atoms with Crippen molar-refractivity contribution >= 4 is 11.5 Å². The average Bonchev–Trinajstić information content (AvgIpc) is 2.85. The van der Waals surface area contributed by atoms with E-state index in [-0.39, 0.29) is 0 Å². The molecule has 0 bridgehead atoms. The Morgan fingerprint density at radius 1 is 0.875 bits per heavy atom. The number of hydrogen-bond donors (Lipinski definition) is 3. The van der Waals surface area contributed by atoms with Gasteiger partial charge in [-0.25, -0.2) is 4.98 Å². The van der Waals surface area contributed by atoms with Crippen molar-refractivity contribution in [3.63, 3.8) is 0 Å². The molecule has 1 saturated carbocycles. The van der Waals surface area contributed by atoms with Crippen molar-refractivity contribution in [2.24, 2.45) is 0 Å². The van der Waals surface area contributed by atoms with Gasteiger partial charge in [0.1, 0.15) is 5.82 Å². The first-order valence-corrected chi connectivity index (χ1v) is 12.0. The summed E-state index contributed by atoms with van der Waals surface area (Å²) in [4.78, 5) is 4.82. The molecule has 1 aliphatic rings. The van der Waals surface area contributed by atoms with Crippen LogP contribution in [-0.4, -0.2) is 24.6 Å². The second-order valence-electron chi connectivity index (χ2n) is 8.91. The predicted octanol–water partition coefficient (Wildman–Crippen LogP) is 5.90. The lowest BCUT2D eigenvalue weighted by Crippen LogP contribution is -2.32. The van der Waals surface area contributed by atoms with Crippen molar-refractivity contribution in [2.75, 3.05) is 24.2 Å². The Labute approximate surface area is 192 Å². The van der Waals surface area contributed by atoms with Crippen molar-refractivity contribution < 1.29 is 0 Å². The van der Waals surface area contributed by atoms with Crippen LogP contribution < -0.4 is 16.0 Å². The molecule has 168 valence electrons. The lowest BCUT2D eigenvalue weighted by atomic mass is 9.80. The summed E-state index contributed by atoms with van der Waals surface area (Å²) < 4.78 is 0. The standard InChI is InChI=1S/C28H36N4/c1-21-19-32-28(30-18-17-22-9-5-3-6-10-22)26(27(21)29-2)24-13-15-25(16-14-24)31-20-23-11-7-4-8-12-23/h3-12,19,24-25,31H,13-18,20H2,1-2H3,(H2,29,30,32)/t24-,25+. The Balaban J connectivity index is 1.39. The summed E-state index contributed by atoms with van der Waals surface area (Å²) in [5.41, 5.74) is 6.57. The molecular formula is C28H36N4. The fraction of sp³-hybridized carbons (Fsp3) is 0.393. The molecular weight excluding hydrogens is 392 g/mol. The molecule has 0 aliphatic heterocycles. The van der Waals surface area contributed by atoms with Crippen molar-refractivity contribution in [3.8, 4) is 0 Å². The number of aromatic nitrogens is 1. The molecule has 1 aromatic heterocycles. The van der Waals surface area contributed by atoms with Crippen LogP contribution in [0.2, 0.25) is 0 Å². The third-order valence-electron chi connectivity index (χ3n) is 6.68. The summed E-state index contributed by atoms with van der Waals surface area (Å²) in [5.74, 6) is 1.59.